The molecule has 1 aromatic carbocycles. The Balaban J connectivity index is 3.54. The summed E-state index contributed by atoms with van der Waals surface area (Å²) >= 11 is 0. The number of nitrogens with one attached hydrogen (secondary N) is 2. The number of rotatable bonds is 9. The maximum Gasteiger partial charge on any atom is 0.408 e. The fourth-order valence-corrected chi connectivity index (χ4v) is 3.74. The van der Waals surface area contributed by atoms with E-state index < -0.39 is 29.3 Å². The Morgan fingerprint density at radius 3 is 1.94 bits per heavy atom. The number of ether oxygens (including phenoxy) is 1. The molecule has 3 unspecified atom stereocenters. The zero-order valence-corrected chi connectivity index (χ0v) is 23.6. The van der Waals surface area contributed by atoms with E-state index in [-0.39, 0.29) is 23.8 Å². The van der Waals surface area contributed by atoms with Crippen molar-refractivity contribution >= 4 is 17.9 Å². The van der Waals surface area contributed by atoms with Gasteiger partial charge in [0.15, 0.2) is 0 Å². The Kier molecular flexibility index (Phi) is 10.8. The average molecular weight is 490 g/mol. The molecule has 0 saturated heterocycles. The Bertz CT molecular complexity index is 850. The molecule has 0 aromatic heterocycles. The van der Waals surface area contributed by atoms with Gasteiger partial charge in [0.25, 0.3) is 0 Å². The molecule has 0 fully saturated rings. The van der Waals surface area contributed by atoms with Crippen molar-refractivity contribution in [3.05, 3.63) is 35.4 Å². The Hall–Kier alpha value is -2.57. The highest BCUT2D eigenvalue weighted by molar-refractivity contribution is 5.92. The van der Waals surface area contributed by atoms with Crippen molar-refractivity contribution < 1.29 is 19.1 Å². The molecule has 198 valence electrons. The molecule has 1 rings (SSSR count). The molecule has 0 spiro atoms. The van der Waals surface area contributed by atoms with Gasteiger partial charge in [-0.2, -0.15) is 0 Å². The third kappa shape index (κ3) is 10.3. The van der Waals surface area contributed by atoms with Crippen LogP contribution in [0.5, 0.6) is 0 Å². The minimum absolute atomic E-state index is 0.138. The maximum absolute atomic E-state index is 14.1. The van der Waals surface area contributed by atoms with Crippen LogP contribution in [0.15, 0.2) is 24.3 Å². The van der Waals surface area contributed by atoms with Crippen molar-refractivity contribution in [3.8, 4) is 0 Å². The number of amides is 3. The van der Waals surface area contributed by atoms with Crippen LogP contribution in [0.2, 0.25) is 0 Å². The molecule has 0 saturated carbocycles. The topological polar surface area (TPSA) is 87.7 Å². The van der Waals surface area contributed by atoms with Gasteiger partial charge in [0, 0.05) is 11.6 Å². The van der Waals surface area contributed by atoms with Crippen LogP contribution in [0.1, 0.15) is 99.2 Å². The van der Waals surface area contributed by atoms with E-state index >= 15 is 0 Å². The third-order valence-corrected chi connectivity index (χ3v) is 5.43. The molecular weight excluding hydrogens is 442 g/mol. The van der Waals surface area contributed by atoms with Crippen LogP contribution in [0.4, 0.5) is 4.79 Å². The molecular formula is C28H47N3O4. The van der Waals surface area contributed by atoms with E-state index in [1.54, 1.807) is 25.7 Å². The highest BCUT2D eigenvalue weighted by Crippen LogP contribution is 2.28. The van der Waals surface area contributed by atoms with Crippen molar-refractivity contribution in [2.24, 2.45) is 5.92 Å². The number of hydrogen-bond acceptors (Lipinski definition) is 4. The summed E-state index contributed by atoms with van der Waals surface area (Å²) in [7, 11) is 0. The van der Waals surface area contributed by atoms with Gasteiger partial charge in [-0.25, -0.2) is 4.79 Å². The lowest BCUT2D eigenvalue weighted by atomic mass is 9.96. The molecule has 0 radical (unpaired) electrons. The molecule has 35 heavy (non-hydrogen) atoms. The second kappa shape index (κ2) is 12.4. The first-order valence-corrected chi connectivity index (χ1v) is 12.7. The summed E-state index contributed by atoms with van der Waals surface area (Å²) in [5, 5.41) is 5.84. The summed E-state index contributed by atoms with van der Waals surface area (Å²) in [5.74, 6) is -0.414. The summed E-state index contributed by atoms with van der Waals surface area (Å²) in [6, 6.07) is 5.76. The zero-order valence-electron chi connectivity index (χ0n) is 23.6. The number of hydrogen-bond donors (Lipinski definition) is 2. The van der Waals surface area contributed by atoms with Crippen molar-refractivity contribution in [3.63, 3.8) is 0 Å². The van der Waals surface area contributed by atoms with Crippen LogP contribution in [-0.4, -0.2) is 46.0 Å². The number of aryl methyl sites for hydroxylation is 1. The maximum atomic E-state index is 14.1. The number of carbonyl (C=O) groups is 3. The van der Waals surface area contributed by atoms with Crippen LogP contribution in [0.3, 0.4) is 0 Å². The summed E-state index contributed by atoms with van der Waals surface area (Å²) in [4.78, 5) is 42.0. The summed E-state index contributed by atoms with van der Waals surface area (Å²) in [6.45, 7) is 21.0. The number of alkyl carbamates (subject to hydrolysis) is 1. The van der Waals surface area contributed by atoms with Gasteiger partial charge in [0.1, 0.15) is 17.7 Å². The molecule has 7 nitrogen and oxygen atoms in total. The molecule has 2 N–H and O–H groups in total. The van der Waals surface area contributed by atoms with E-state index in [2.05, 4.69) is 10.6 Å². The molecule has 0 heterocycles. The van der Waals surface area contributed by atoms with Crippen molar-refractivity contribution in [1.82, 2.24) is 15.5 Å². The smallest absolute Gasteiger partial charge is 0.408 e. The standard InChI is InChI=1S/C28H47N3O4/c1-12-20(5)31(25(33)22(17-18(2)3)29-26(34)35-28(9,10)11)23(24(32)30-27(6,7)8)21-15-13-19(4)14-16-21/h13-16,18,20,22-23H,12,17H2,1-11H3,(H,29,34)(H,30,32). The van der Waals surface area contributed by atoms with Gasteiger partial charge in [0.2, 0.25) is 11.8 Å². The van der Waals surface area contributed by atoms with Gasteiger partial charge in [-0.05, 0) is 79.7 Å². The van der Waals surface area contributed by atoms with Crippen molar-refractivity contribution in [2.45, 2.75) is 118 Å². The molecule has 3 amide bonds. The molecule has 1 aromatic rings. The lowest BCUT2D eigenvalue weighted by Crippen LogP contribution is -2.57. The minimum Gasteiger partial charge on any atom is -0.444 e. The van der Waals surface area contributed by atoms with Gasteiger partial charge in [-0.1, -0.05) is 50.6 Å². The summed E-state index contributed by atoms with van der Waals surface area (Å²) < 4.78 is 5.44. The van der Waals surface area contributed by atoms with Gasteiger partial charge in [-0.3, -0.25) is 9.59 Å². The van der Waals surface area contributed by atoms with Gasteiger partial charge >= 0.3 is 6.09 Å². The van der Waals surface area contributed by atoms with Crippen LogP contribution < -0.4 is 10.6 Å². The second-order valence-electron chi connectivity index (χ2n) is 11.9. The highest BCUT2D eigenvalue weighted by Gasteiger charge is 2.39. The highest BCUT2D eigenvalue weighted by atomic mass is 16.6. The van der Waals surface area contributed by atoms with Crippen LogP contribution in [0.25, 0.3) is 0 Å². The van der Waals surface area contributed by atoms with E-state index in [0.29, 0.717) is 12.8 Å². The number of benzene rings is 1. The SMILES string of the molecule is CCC(C)N(C(=O)C(CC(C)C)NC(=O)OC(C)(C)C)C(C(=O)NC(C)(C)C)c1ccc(C)cc1. The average Bonchev–Trinajstić information content (AvgIpc) is 2.68. The van der Waals surface area contributed by atoms with E-state index in [9.17, 15) is 14.4 Å². The third-order valence-electron chi connectivity index (χ3n) is 5.43. The lowest BCUT2D eigenvalue weighted by molar-refractivity contribution is -0.146. The zero-order chi connectivity index (χ0) is 27.1. The Morgan fingerprint density at radius 1 is 0.971 bits per heavy atom. The van der Waals surface area contributed by atoms with Crippen LogP contribution in [0, 0.1) is 12.8 Å². The van der Waals surface area contributed by atoms with Crippen molar-refractivity contribution in [2.75, 3.05) is 0 Å². The summed E-state index contributed by atoms with van der Waals surface area (Å²) in [6.07, 6.45) is 0.427. The fraction of sp³-hybridized carbons (Fsp3) is 0.679. The van der Waals surface area contributed by atoms with E-state index in [1.807, 2.05) is 79.7 Å². The van der Waals surface area contributed by atoms with E-state index in [4.69, 9.17) is 4.74 Å². The first-order valence-electron chi connectivity index (χ1n) is 12.7. The molecule has 3 atom stereocenters. The van der Waals surface area contributed by atoms with E-state index in [0.717, 1.165) is 11.1 Å². The fourth-order valence-electron chi connectivity index (χ4n) is 3.74. The molecule has 7 heteroatoms. The predicted octanol–water partition coefficient (Wildman–Crippen LogP) is 5.52. The molecule has 0 aliphatic rings. The molecule has 0 aliphatic carbocycles. The van der Waals surface area contributed by atoms with Gasteiger partial charge < -0.3 is 20.3 Å². The van der Waals surface area contributed by atoms with E-state index in [1.165, 1.54) is 0 Å². The van der Waals surface area contributed by atoms with Gasteiger partial charge in [0.05, 0.1) is 0 Å². The van der Waals surface area contributed by atoms with Crippen LogP contribution in [-0.2, 0) is 14.3 Å². The largest absolute Gasteiger partial charge is 0.444 e. The quantitative estimate of drug-likeness (QED) is 0.478. The lowest BCUT2D eigenvalue weighted by Gasteiger charge is -2.39. The number of carbonyl (C=O) groups excluding carboxylic acids is 3. The van der Waals surface area contributed by atoms with Crippen molar-refractivity contribution in [1.29, 1.82) is 0 Å². The monoisotopic (exact) mass is 489 g/mol. The second-order valence-corrected chi connectivity index (χ2v) is 11.9. The molecule has 0 aliphatic heterocycles. The first kappa shape index (κ1) is 30.5. The Morgan fingerprint density at radius 2 is 1.51 bits per heavy atom. The first-order chi connectivity index (χ1) is 15.9. The Labute approximate surface area is 212 Å². The summed E-state index contributed by atoms with van der Waals surface area (Å²) in [5.41, 5.74) is 0.625. The van der Waals surface area contributed by atoms with Crippen LogP contribution >= 0.6 is 0 Å². The predicted molar refractivity (Wildman–Crippen MR) is 141 cm³/mol. The normalized spacial score (nSPS) is 14.6. The van der Waals surface area contributed by atoms with Gasteiger partial charge in [-0.15, -0.1) is 0 Å². The minimum atomic E-state index is -0.840. The molecule has 0 bridgehead atoms. The number of nitrogens with zero attached hydrogens (tertiary/aromatic N) is 1.